The zero-order chi connectivity index (χ0) is 14.9. The summed E-state index contributed by atoms with van der Waals surface area (Å²) in [5, 5.41) is 0. The van der Waals surface area contributed by atoms with Gasteiger partial charge in [-0.25, -0.2) is 8.42 Å². The van der Waals surface area contributed by atoms with Gasteiger partial charge in [-0.05, 0) is 31.0 Å². The lowest BCUT2D eigenvalue weighted by Gasteiger charge is -2.18. The number of ether oxygens (including phenoxy) is 1. The fourth-order valence-electron chi connectivity index (χ4n) is 2.34. The van der Waals surface area contributed by atoms with Gasteiger partial charge in [0.15, 0.2) is 0 Å². The molecule has 1 atom stereocenters. The Balaban J connectivity index is 2.28. The van der Waals surface area contributed by atoms with Gasteiger partial charge in [-0.3, -0.25) is 4.79 Å². The summed E-state index contributed by atoms with van der Waals surface area (Å²) >= 11 is 0. The van der Waals surface area contributed by atoms with Gasteiger partial charge in [0, 0.05) is 18.8 Å². The van der Waals surface area contributed by atoms with E-state index in [0.29, 0.717) is 24.2 Å². The van der Waals surface area contributed by atoms with E-state index in [9.17, 15) is 13.2 Å². The van der Waals surface area contributed by atoms with Crippen molar-refractivity contribution in [3.05, 3.63) is 23.8 Å². The predicted octanol–water partition coefficient (Wildman–Crippen LogP) is 0.761. The summed E-state index contributed by atoms with van der Waals surface area (Å²) in [5.41, 5.74) is 6.70. The van der Waals surface area contributed by atoms with Crippen LogP contribution in [0.3, 0.4) is 0 Å². The van der Waals surface area contributed by atoms with Crippen LogP contribution in [0.25, 0.3) is 0 Å². The summed E-state index contributed by atoms with van der Waals surface area (Å²) in [4.78, 5) is 11.7. The molecule has 1 aliphatic rings. The van der Waals surface area contributed by atoms with E-state index in [2.05, 4.69) is 4.74 Å². The number of nitrogens with two attached hydrogens (primary N) is 1. The number of esters is 1. The molecule has 1 unspecified atom stereocenters. The van der Waals surface area contributed by atoms with Crippen molar-refractivity contribution in [3.63, 3.8) is 0 Å². The summed E-state index contributed by atoms with van der Waals surface area (Å²) in [7, 11) is -2.31. The van der Waals surface area contributed by atoms with Gasteiger partial charge < -0.3 is 10.5 Å². The molecule has 0 amide bonds. The van der Waals surface area contributed by atoms with Crippen molar-refractivity contribution in [1.82, 2.24) is 4.31 Å². The monoisotopic (exact) mass is 298 g/mol. The number of benzene rings is 1. The third kappa shape index (κ3) is 2.64. The van der Waals surface area contributed by atoms with Gasteiger partial charge in [-0.2, -0.15) is 4.31 Å². The molecule has 1 aromatic rings. The zero-order valence-electron chi connectivity index (χ0n) is 11.5. The van der Waals surface area contributed by atoms with Crippen LogP contribution < -0.4 is 5.73 Å². The van der Waals surface area contributed by atoms with Gasteiger partial charge in [0.05, 0.1) is 17.9 Å². The minimum Gasteiger partial charge on any atom is -0.469 e. The number of anilines is 1. The average Bonchev–Trinajstić information content (AvgIpc) is 2.91. The smallest absolute Gasteiger partial charge is 0.310 e. The number of nitrogens with zero attached hydrogens (tertiary/aromatic N) is 1. The van der Waals surface area contributed by atoms with Crippen LogP contribution >= 0.6 is 0 Å². The van der Waals surface area contributed by atoms with Gasteiger partial charge >= 0.3 is 5.97 Å². The van der Waals surface area contributed by atoms with Crippen molar-refractivity contribution in [2.45, 2.75) is 18.2 Å². The SMILES string of the molecule is COC(=O)C1CCN(S(=O)(=O)c2cc(N)ccc2C)C1. The number of carbonyl (C=O) groups excluding carboxylic acids is 1. The molecule has 1 aliphatic heterocycles. The summed E-state index contributed by atoms with van der Waals surface area (Å²) in [6, 6.07) is 4.79. The third-order valence-corrected chi connectivity index (χ3v) is 5.52. The fourth-order valence-corrected chi connectivity index (χ4v) is 4.10. The van der Waals surface area contributed by atoms with Crippen molar-refractivity contribution < 1.29 is 17.9 Å². The summed E-state index contributed by atoms with van der Waals surface area (Å²) in [6.45, 7) is 2.19. The third-order valence-electron chi connectivity index (χ3n) is 3.52. The molecule has 0 spiro atoms. The molecule has 20 heavy (non-hydrogen) atoms. The maximum atomic E-state index is 12.6. The van der Waals surface area contributed by atoms with Crippen molar-refractivity contribution in [2.75, 3.05) is 25.9 Å². The van der Waals surface area contributed by atoms with Gasteiger partial charge in [0.2, 0.25) is 10.0 Å². The Kier molecular flexibility index (Phi) is 4.01. The van der Waals surface area contributed by atoms with Crippen molar-refractivity contribution >= 4 is 21.7 Å². The first-order valence-corrected chi connectivity index (χ1v) is 7.74. The summed E-state index contributed by atoms with van der Waals surface area (Å²) in [5.74, 6) is -0.761. The molecule has 0 saturated carbocycles. The molecule has 2 N–H and O–H groups in total. The topological polar surface area (TPSA) is 89.7 Å². The van der Waals surface area contributed by atoms with Gasteiger partial charge in [-0.15, -0.1) is 0 Å². The predicted molar refractivity (Wildman–Crippen MR) is 74.5 cm³/mol. The minimum absolute atomic E-state index is 0.156. The van der Waals surface area contributed by atoms with E-state index in [0.717, 1.165) is 0 Å². The molecule has 0 bridgehead atoms. The molecule has 1 heterocycles. The van der Waals surface area contributed by atoms with Crippen LogP contribution in [0, 0.1) is 12.8 Å². The highest BCUT2D eigenvalue weighted by Gasteiger charge is 2.36. The number of hydrogen-bond donors (Lipinski definition) is 1. The molecule has 1 fully saturated rings. The summed E-state index contributed by atoms with van der Waals surface area (Å²) in [6.07, 6.45) is 0.479. The van der Waals surface area contributed by atoms with Crippen LogP contribution in [0.1, 0.15) is 12.0 Å². The fraction of sp³-hybridized carbons (Fsp3) is 0.462. The lowest BCUT2D eigenvalue weighted by molar-refractivity contribution is -0.144. The van der Waals surface area contributed by atoms with E-state index in [-0.39, 0.29) is 17.4 Å². The Morgan fingerprint density at radius 2 is 2.15 bits per heavy atom. The van der Waals surface area contributed by atoms with E-state index < -0.39 is 15.9 Å². The van der Waals surface area contributed by atoms with Gasteiger partial charge in [-0.1, -0.05) is 6.07 Å². The first-order chi connectivity index (χ1) is 9.36. The van der Waals surface area contributed by atoms with E-state index in [4.69, 9.17) is 5.73 Å². The standard InChI is InChI=1S/C13H18N2O4S/c1-9-3-4-11(14)7-12(9)20(17,18)15-6-5-10(8-15)13(16)19-2/h3-4,7,10H,5-6,8,14H2,1-2H3. The molecule has 2 rings (SSSR count). The van der Waals surface area contributed by atoms with Crippen molar-refractivity contribution in [1.29, 1.82) is 0 Å². The molecule has 0 aliphatic carbocycles. The zero-order valence-corrected chi connectivity index (χ0v) is 12.3. The molecule has 0 aromatic heterocycles. The van der Waals surface area contributed by atoms with Crippen molar-refractivity contribution in [3.8, 4) is 0 Å². The van der Waals surface area contributed by atoms with E-state index in [1.54, 1.807) is 19.1 Å². The lowest BCUT2D eigenvalue weighted by Crippen LogP contribution is -2.30. The second-order valence-electron chi connectivity index (χ2n) is 4.90. The number of nitrogen functional groups attached to an aromatic ring is 1. The number of rotatable bonds is 3. The van der Waals surface area contributed by atoms with Crippen LogP contribution in [0.5, 0.6) is 0 Å². The van der Waals surface area contributed by atoms with E-state index in [1.165, 1.54) is 17.5 Å². The van der Waals surface area contributed by atoms with Crippen LogP contribution in [0.15, 0.2) is 23.1 Å². The molecule has 1 saturated heterocycles. The maximum Gasteiger partial charge on any atom is 0.310 e. The number of carbonyl (C=O) groups is 1. The molecule has 1 aromatic carbocycles. The van der Waals surface area contributed by atoms with Crippen LogP contribution in [0.4, 0.5) is 5.69 Å². The first kappa shape index (κ1) is 14.8. The maximum absolute atomic E-state index is 12.6. The van der Waals surface area contributed by atoms with Crippen LogP contribution in [-0.2, 0) is 19.6 Å². The molecule has 6 nitrogen and oxygen atoms in total. The Bertz CT molecular complexity index is 627. The highest BCUT2D eigenvalue weighted by molar-refractivity contribution is 7.89. The summed E-state index contributed by atoms with van der Waals surface area (Å²) < 4.78 is 31.1. The lowest BCUT2D eigenvalue weighted by atomic mass is 10.1. The number of hydrogen-bond acceptors (Lipinski definition) is 5. The number of sulfonamides is 1. The van der Waals surface area contributed by atoms with Gasteiger partial charge in [0.1, 0.15) is 0 Å². The van der Waals surface area contributed by atoms with Gasteiger partial charge in [0.25, 0.3) is 0 Å². The Morgan fingerprint density at radius 3 is 2.80 bits per heavy atom. The Morgan fingerprint density at radius 1 is 1.45 bits per heavy atom. The highest BCUT2D eigenvalue weighted by Crippen LogP contribution is 2.27. The second kappa shape index (κ2) is 5.41. The largest absolute Gasteiger partial charge is 0.469 e. The van der Waals surface area contributed by atoms with Crippen LogP contribution in [-0.4, -0.2) is 38.9 Å². The Labute approximate surface area is 118 Å². The molecular formula is C13H18N2O4S. The molecule has 0 radical (unpaired) electrons. The molecular weight excluding hydrogens is 280 g/mol. The molecule has 7 heteroatoms. The van der Waals surface area contributed by atoms with Crippen LogP contribution in [0.2, 0.25) is 0 Å². The normalized spacial score (nSPS) is 20.0. The van der Waals surface area contributed by atoms with E-state index >= 15 is 0 Å². The molecule has 110 valence electrons. The first-order valence-electron chi connectivity index (χ1n) is 6.30. The Hall–Kier alpha value is -1.60. The van der Waals surface area contributed by atoms with Crippen molar-refractivity contribution in [2.24, 2.45) is 5.92 Å². The number of aryl methyl sites for hydroxylation is 1. The quantitative estimate of drug-likeness (QED) is 0.657. The second-order valence-corrected chi connectivity index (χ2v) is 6.80. The minimum atomic E-state index is -3.62. The number of methoxy groups -OCH3 is 1. The average molecular weight is 298 g/mol. The van der Waals surface area contributed by atoms with E-state index in [1.807, 2.05) is 0 Å². The highest BCUT2D eigenvalue weighted by atomic mass is 32.2.